The minimum absolute atomic E-state index is 0.242. The molecule has 0 unspecified atom stereocenters. The highest BCUT2D eigenvalue weighted by Gasteiger charge is 2.06. The smallest absolute Gasteiger partial charge is 0.158 e. The third-order valence-electron chi connectivity index (χ3n) is 2.11. The van der Waals surface area contributed by atoms with Gasteiger partial charge in [-0.3, -0.25) is 9.59 Å². The molecular formula is C11H16O3. The van der Waals surface area contributed by atoms with Gasteiger partial charge in [0.1, 0.15) is 6.61 Å². The normalized spacial score (nSPS) is 21.4. The molecule has 0 aromatic rings. The van der Waals surface area contributed by atoms with Crippen LogP contribution in [0.1, 0.15) is 32.1 Å². The first-order valence-electron chi connectivity index (χ1n) is 5.08. The lowest BCUT2D eigenvalue weighted by molar-refractivity contribution is -0.127. The van der Waals surface area contributed by atoms with Crippen LogP contribution in [0.2, 0.25) is 0 Å². The standard InChI is InChI=1S/C6H8O.C5H8O2/c7-6-4-2-1-3-5-6;6-5-2-1-3-7-4-5/h2,4H,1,3,5H2;1-4H2. The van der Waals surface area contributed by atoms with Gasteiger partial charge < -0.3 is 4.74 Å². The van der Waals surface area contributed by atoms with E-state index in [-0.39, 0.29) is 11.6 Å². The van der Waals surface area contributed by atoms with Gasteiger partial charge in [0.25, 0.3) is 0 Å². The van der Waals surface area contributed by atoms with Crippen LogP contribution in [-0.4, -0.2) is 24.8 Å². The Bertz CT molecular complexity index is 223. The molecule has 2 aliphatic rings. The van der Waals surface area contributed by atoms with Crippen LogP contribution < -0.4 is 0 Å². The molecule has 3 nitrogen and oxygen atoms in total. The summed E-state index contributed by atoms with van der Waals surface area (Å²) in [4.78, 5) is 20.7. The van der Waals surface area contributed by atoms with Crippen molar-refractivity contribution in [3.05, 3.63) is 12.2 Å². The lowest BCUT2D eigenvalue weighted by Gasteiger charge is -2.07. The van der Waals surface area contributed by atoms with Gasteiger partial charge in [0.15, 0.2) is 11.6 Å². The van der Waals surface area contributed by atoms with Crippen molar-refractivity contribution in [3.8, 4) is 0 Å². The fourth-order valence-electron chi connectivity index (χ4n) is 1.32. The van der Waals surface area contributed by atoms with Crippen molar-refractivity contribution in [3.63, 3.8) is 0 Å². The summed E-state index contributed by atoms with van der Waals surface area (Å²) >= 11 is 0. The Morgan fingerprint density at radius 3 is 2.29 bits per heavy atom. The molecule has 2 rings (SSSR count). The Morgan fingerprint density at radius 1 is 1.14 bits per heavy atom. The summed E-state index contributed by atoms with van der Waals surface area (Å²) in [7, 11) is 0. The van der Waals surface area contributed by atoms with Crippen LogP contribution in [0.4, 0.5) is 0 Å². The lowest BCUT2D eigenvalue weighted by Crippen LogP contribution is -2.15. The zero-order chi connectivity index (χ0) is 10.2. The SMILES string of the molecule is O=C1C=CCCC1.O=C1CCCOC1. The largest absolute Gasteiger partial charge is 0.374 e. The molecule has 0 bridgehead atoms. The predicted octanol–water partition coefficient (Wildman–Crippen LogP) is 1.66. The van der Waals surface area contributed by atoms with Gasteiger partial charge in [-0.05, 0) is 25.3 Å². The van der Waals surface area contributed by atoms with E-state index in [9.17, 15) is 9.59 Å². The summed E-state index contributed by atoms with van der Waals surface area (Å²) < 4.78 is 4.83. The lowest BCUT2D eigenvalue weighted by atomic mass is 10.1. The molecule has 3 heteroatoms. The van der Waals surface area contributed by atoms with Gasteiger partial charge in [0.05, 0.1) is 0 Å². The average molecular weight is 196 g/mol. The molecule has 14 heavy (non-hydrogen) atoms. The molecule has 1 saturated heterocycles. The molecule has 0 amide bonds. The Kier molecular flexibility index (Phi) is 5.15. The summed E-state index contributed by atoms with van der Waals surface area (Å²) in [5.74, 6) is 0.525. The van der Waals surface area contributed by atoms with E-state index in [1.807, 2.05) is 6.08 Å². The summed E-state index contributed by atoms with van der Waals surface area (Å²) in [5, 5.41) is 0. The highest BCUT2D eigenvalue weighted by molar-refractivity contribution is 5.90. The number of carbonyl (C=O) groups excluding carboxylic acids is 2. The fraction of sp³-hybridized carbons (Fsp3) is 0.636. The monoisotopic (exact) mass is 196 g/mol. The molecule has 1 fully saturated rings. The Labute approximate surface area is 84.1 Å². The Hall–Kier alpha value is -0.960. The highest BCUT2D eigenvalue weighted by atomic mass is 16.5. The second kappa shape index (κ2) is 6.49. The van der Waals surface area contributed by atoms with Crippen LogP contribution in [0.3, 0.4) is 0 Å². The third-order valence-corrected chi connectivity index (χ3v) is 2.11. The number of allylic oxidation sites excluding steroid dienone is 2. The molecule has 0 atom stereocenters. The van der Waals surface area contributed by atoms with E-state index in [2.05, 4.69) is 0 Å². The van der Waals surface area contributed by atoms with E-state index in [4.69, 9.17) is 4.74 Å². The average Bonchev–Trinajstić information content (AvgIpc) is 2.21. The zero-order valence-electron chi connectivity index (χ0n) is 8.33. The van der Waals surface area contributed by atoms with Crippen LogP contribution in [0.15, 0.2) is 12.2 Å². The number of ketones is 2. The minimum Gasteiger partial charge on any atom is -0.374 e. The number of ether oxygens (including phenoxy) is 1. The van der Waals surface area contributed by atoms with Crippen molar-refractivity contribution >= 4 is 11.6 Å². The summed E-state index contributed by atoms with van der Waals surface area (Å²) in [5.41, 5.74) is 0. The van der Waals surface area contributed by atoms with Crippen molar-refractivity contribution in [2.75, 3.05) is 13.2 Å². The first-order chi connectivity index (χ1) is 6.79. The maximum atomic E-state index is 10.4. The van der Waals surface area contributed by atoms with Gasteiger partial charge in [-0.1, -0.05) is 6.08 Å². The number of rotatable bonds is 0. The molecule has 0 aromatic carbocycles. The highest BCUT2D eigenvalue weighted by Crippen LogP contribution is 2.04. The van der Waals surface area contributed by atoms with Crippen LogP contribution in [0.5, 0.6) is 0 Å². The van der Waals surface area contributed by atoms with Crippen molar-refractivity contribution in [2.45, 2.75) is 32.1 Å². The third kappa shape index (κ3) is 4.92. The van der Waals surface area contributed by atoms with Gasteiger partial charge in [0.2, 0.25) is 0 Å². The predicted molar refractivity (Wildman–Crippen MR) is 53.1 cm³/mol. The molecular weight excluding hydrogens is 180 g/mol. The second-order valence-corrected chi connectivity index (χ2v) is 3.46. The maximum absolute atomic E-state index is 10.4. The zero-order valence-corrected chi connectivity index (χ0v) is 8.33. The number of hydrogen-bond acceptors (Lipinski definition) is 3. The molecule has 1 aliphatic heterocycles. The minimum atomic E-state index is 0.242. The topological polar surface area (TPSA) is 43.4 Å². The van der Waals surface area contributed by atoms with E-state index in [0.717, 1.165) is 38.7 Å². The van der Waals surface area contributed by atoms with Crippen molar-refractivity contribution in [2.24, 2.45) is 0 Å². The Morgan fingerprint density at radius 2 is 2.00 bits per heavy atom. The molecule has 0 aromatic heterocycles. The maximum Gasteiger partial charge on any atom is 0.158 e. The van der Waals surface area contributed by atoms with Gasteiger partial charge in [-0.2, -0.15) is 0 Å². The molecule has 0 radical (unpaired) electrons. The van der Waals surface area contributed by atoms with E-state index in [0.29, 0.717) is 6.61 Å². The fourth-order valence-corrected chi connectivity index (χ4v) is 1.32. The van der Waals surface area contributed by atoms with E-state index >= 15 is 0 Å². The second-order valence-electron chi connectivity index (χ2n) is 3.46. The van der Waals surface area contributed by atoms with Crippen LogP contribution in [-0.2, 0) is 14.3 Å². The van der Waals surface area contributed by atoms with Crippen LogP contribution in [0, 0.1) is 0 Å². The van der Waals surface area contributed by atoms with E-state index in [1.54, 1.807) is 6.08 Å². The number of carbonyl (C=O) groups is 2. The molecule has 0 spiro atoms. The molecule has 0 N–H and O–H groups in total. The summed E-state index contributed by atoms with van der Waals surface area (Å²) in [6.45, 7) is 1.12. The molecule has 78 valence electrons. The summed E-state index contributed by atoms with van der Waals surface area (Å²) in [6.07, 6.45) is 8.14. The van der Waals surface area contributed by atoms with Gasteiger partial charge in [-0.15, -0.1) is 0 Å². The van der Waals surface area contributed by atoms with Crippen LogP contribution in [0.25, 0.3) is 0 Å². The van der Waals surface area contributed by atoms with Gasteiger partial charge in [-0.25, -0.2) is 0 Å². The summed E-state index contributed by atoms with van der Waals surface area (Å²) in [6, 6.07) is 0. The number of hydrogen-bond donors (Lipinski definition) is 0. The van der Waals surface area contributed by atoms with Crippen molar-refractivity contribution in [1.29, 1.82) is 0 Å². The van der Waals surface area contributed by atoms with E-state index < -0.39 is 0 Å². The molecule has 0 saturated carbocycles. The van der Waals surface area contributed by atoms with Crippen molar-refractivity contribution < 1.29 is 14.3 Å². The van der Waals surface area contributed by atoms with Gasteiger partial charge >= 0.3 is 0 Å². The molecule has 1 aliphatic carbocycles. The first kappa shape index (κ1) is 11.1. The van der Waals surface area contributed by atoms with Crippen molar-refractivity contribution in [1.82, 2.24) is 0 Å². The Balaban J connectivity index is 0.000000140. The molecule has 1 heterocycles. The first-order valence-corrected chi connectivity index (χ1v) is 5.08. The van der Waals surface area contributed by atoms with Crippen LogP contribution >= 0.6 is 0 Å². The number of Topliss-reactive ketones (excluding diaryl/α,β-unsaturated/α-hetero) is 1. The van der Waals surface area contributed by atoms with Gasteiger partial charge in [0, 0.05) is 19.4 Å². The van der Waals surface area contributed by atoms with E-state index in [1.165, 1.54) is 0 Å². The quantitative estimate of drug-likeness (QED) is 0.591.